The van der Waals surface area contributed by atoms with E-state index in [1.54, 1.807) is 0 Å². The summed E-state index contributed by atoms with van der Waals surface area (Å²) < 4.78 is 12.8. The van der Waals surface area contributed by atoms with Crippen LogP contribution in [0.15, 0.2) is 11.6 Å². The van der Waals surface area contributed by atoms with E-state index in [-0.39, 0.29) is 57.8 Å². The second-order valence-corrected chi connectivity index (χ2v) is 19.2. The van der Waals surface area contributed by atoms with Gasteiger partial charge in [0, 0.05) is 12.8 Å². The summed E-state index contributed by atoms with van der Waals surface area (Å²) >= 11 is 0. The number of hydrogen-bond acceptors (Lipinski definition) is 7. The number of aliphatic hydroxyl groups excluding tert-OH is 3. The van der Waals surface area contributed by atoms with Crippen LogP contribution in [0.4, 0.5) is 0 Å². The van der Waals surface area contributed by atoms with Crippen molar-refractivity contribution in [2.75, 3.05) is 6.61 Å². The number of carboxylic acids is 1. The van der Waals surface area contributed by atoms with Gasteiger partial charge in [-0.25, -0.2) is 0 Å². The number of allylic oxidation sites excluding steroid dienone is 2. The number of carbonyl (C=O) groups is 2. The van der Waals surface area contributed by atoms with Crippen LogP contribution in [0.2, 0.25) is 0 Å². The number of rotatable bonds is 7. The Bertz CT molecular complexity index is 1420. The number of amides is 1. The second kappa shape index (κ2) is 12.9. The molecule has 5 aliphatic carbocycles. The third-order valence-corrected chi connectivity index (χ3v) is 16.0. The standard InChI is InChI=1S/C41H63NO8/c1-9-10-11-30(44)42-31-33(46)32(45)26(23-43)49-34(31)50-29-15-16-38(6)27(37(29,4)5)14-17-40(8)28(38)13-12-24-25-22-36(2,3)18-20-41(25,35(47)48)21-19-39(24,40)7/h1,12,25-29,31-34,43,45-46H,10-11,13-23H2,2-8H3,(H,42,44)(H,47,48)/t25-,26+,27-,28+,29-,31+,32+,33+,34-,38-,39+,40+,41-/m0/s1. The number of fused-ring (bicyclic) bond motifs is 7. The van der Waals surface area contributed by atoms with Crippen LogP contribution in [-0.4, -0.2) is 75.7 Å². The van der Waals surface area contributed by atoms with Gasteiger partial charge in [0.1, 0.15) is 24.4 Å². The van der Waals surface area contributed by atoms with Crippen molar-refractivity contribution >= 4 is 11.9 Å². The summed E-state index contributed by atoms with van der Waals surface area (Å²) in [6.45, 7) is 16.2. The Labute approximate surface area is 299 Å². The second-order valence-electron chi connectivity index (χ2n) is 19.2. The smallest absolute Gasteiger partial charge is 0.310 e. The highest BCUT2D eigenvalue weighted by molar-refractivity contribution is 5.77. The molecule has 4 saturated carbocycles. The lowest BCUT2D eigenvalue weighted by Crippen LogP contribution is -2.67. The molecule has 1 aliphatic heterocycles. The summed E-state index contributed by atoms with van der Waals surface area (Å²) in [6, 6.07) is -1.02. The van der Waals surface area contributed by atoms with Gasteiger partial charge in [0.15, 0.2) is 6.29 Å². The van der Waals surface area contributed by atoms with Gasteiger partial charge in [0.2, 0.25) is 5.91 Å². The largest absolute Gasteiger partial charge is 0.481 e. The highest BCUT2D eigenvalue weighted by Gasteiger charge is 2.69. The molecule has 6 rings (SSSR count). The van der Waals surface area contributed by atoms with E-state index in [0.29, 0.717) is 11.8 Å². The zero-order valence-corrected chi connectivity index (χ0v) is 31.5. The van der Waals surface area contributed by atoms with Crippen molar-refractivity contribution in [2.24, 2.45) is 50.2 Å². The summed E-state index contributed by atoms with van der Waals surface area (Å²) in [5.74, 6) is 2.33. The Morgan fingerprint density at radius 1 is 0.980 bits per heavy atom. The van der Waals surface area contributed by atoms with Gasteiger partial charge >= 0.3 is 5.97 Å². The minimum Gasteiger partial charge on any atom is -0.481 e. The fraction of sp³-hybridized carbons (Fsp3) is 0.854. The topological polar surface area (TPSA) is 146 Å². The van der Waals surface area contributed by atoms with Crippen LogP contribution in [0.25, 0.3) is 0 Å². The first-order valence-electron chi connectivity index (χ1n) is 19.3. The van der Waals surface area contributed by atoms with Gasteiger partial charge in [-0.1, -0.05) is 60.1 Å². The maximum atomic E-state index is 13.0. The van der Waals surface area contributed by atoms with Crippen LogP contribution in [-0.2, 0) is 19.1 Å². The van der Waals surface area contributed by atoms with Gasteiger partial charge < -0.3 is 35.2 Å². The monoisotopic (exact) mass is 697 g/mol. The van der Waals surface area contributed by atoms with Crippen LogP contribution in [0, 0.1) is 62.6 Å². The van der Waals surface area contributed by atoms with Crippen LogP contribution in [0.5, 0.6) is 0 Å². The highest BCUT2D eigenvalue weighted by atomic mass is 16.7. The maximum absolute atomic E-state index is 13.0. The molecule has 5 N–H and O–H groups in total. The van der Waals surface area contributed by atoms with Crippen LogP contribution < -0.4 is 5.32 Å². The third-order valence-electron chi connectivity index (χ3n) is 16.0. The molecule has 13 atom stereocenters. The normalized spacial score (nSPS) is 47.6. The Kier molecular flexibility index (Phi) is 9.72. The van der Waals surface area contributed by atoms with Crippen LogP contribution in [0.3, 0.4) is 0 Å². The first kappa shape index (κ1) is 37.8. The van der Waals surface area contributed by atoms with Gasteiger partial charge in [-0.05, 0) is 109 Å². The van der Waals surface area contributed by atoms with E-state index in [1.165, 1.54) is 5.57 Å². The number of ether oxygens (including phenoxy) is 2. The molecular formula is C41H63NO8. The lowest BCUT2D eigenvalue weighted by Gasteiger charge is -2.71. The van der Waals surface area contributed by atoms with Crippen molar-refractivity contribution in [3.63, 3.8) is 0 Å². The van der Waals surface area contributed by atoms with E-state index in [0.717, 1.165) is 64.2 Å². The zero-order chi connectivity index (χ0) is 36.7. The predicted molar refractivity (Wildman–Crippen MR) is 189 cm³/mol. The molecule has 9 nitrogen and oxygen atoms in total. The van der Waals surface area contributed by atoms with E-state index in [1.807, 2.05) is 0 Å². The molecule has 0 unspecified atom stereocenters. The number of aliphatic hydroxyl groups is 3. The number of hydrogen-bond donors (Lipinski definition) is 5. The van der Waals surface area contributed by atoms with Crippen molar-refractivity contribution < 1.29 is 39.5 Å². The molecule has 0 spiro atoms. The van der Waals surface area contributed by atoms with Gasteiger partial charge in [0.25, 0.3) is 0 Å². The fourth-order valence-corrected chi connectivity index (χ4v) is 12.8. The molecular weight excluding hydrogens is 634 g/mol. The van der Waals surface area contributed by atoms with E-state index in [9.17, 15) is 30.0 Å². The molecule has 0 aromatic carbocycles. The zero-order valence-electron chi connectivity index (χ0n) is 31.5. The minimum atomic E-state index is -1.39. The lowest BCUT2D eigenvalue weighted by atomic mass is 9.33. The number of terminal acetylenes is 1. The first-order valence-corrected chi connectivity index (χ1v) is 19.3. The van der Waals surface area contributed by atoms with Crippen molar-refractivity contribution in [3.05, 3.63) is 11.6 Å². The summed E-state index contributed by atoms with van der Waals surface area (Å²) in [5.41, 5.74) is 0.621. The number of carbonyl (C=O) groups excluding carboxylic acids is 1. The number of carboxylic acid groups (broad SMARTS) is 1. The summed E-state index contributed by atoms with van der Waals surface area (Å²) in [4.78, 5) is 25.7. The van der Waals surface area contributed by atoms with Gasteiger partial charge in [-0.15, -0.1) is 12.3 Å². The summed E-state index contributed by atoms with van der Waals surface area (Å²) in [5, 5.41) is 45.2. The average molecular weight is 698 g/mol. The quantitative estimate of drug-likeness (QED) is 0.132. The molecule has 0 aromatic heterocycles. The van der Waals surface area contributed by atoms with Gasteiger partial charge in [-0.3, -0.25) is 9.59 Å². The minimum absolute atomic E-state index is 0.0220. The van der Waals surface area contributed by atoms with Crippen molar-refractivity contribution in [3.8, 4) is 12.3 Å². The van der Waals surface area contributed by atoms with Crippen molar-refractivity contribution in [2.45, 2.75) is 162 Å². The van der Waals surface area contributed by atoms with Crippen LogP contribution in [0.1, 0.15) is 126 Å². The molecule has 0 aromatic rings. The van der Waals surface area contributed by atoms with Crippen LogP contribution >= 0.6 is 0 Å². The van der Waals surface area contributed by atoms with E-state index >= 15 is 0 Å². The Balaban J connectivity index is 1.27. The number of aliphatic carboxylic acids is 1. The van der Waals surface area contributed by atoms with Gasteiger partial charge in [0.05, 0.1) is 18.1 Å². The van der Waals surface area contributed by atoms with E-state index < -0.39 is 48.6 Å². The fourth-order valence-electron chi connectivity index (χ4n) is 12.8. The Hall–Kier alpha value is -1.96. The Morgan fingerprint density at radius 2 is 1.68 bits per heavy atom. The lowest BCUT2D eigenvalue weighted by molar-refractivity contribution is -0.306. The van der Waals surface area contributed by atoms with E-state index in [4.69, 9.17) is 15.9 Å². The SMILES string of the molecule is C#CCCC(=O)N[C@H]1[C@H](O[C@H]2CC[C@]3(C)[C@H]4CC=C5[C@@H]6CC(C)(C)CC[C@]6(C(=O)O)CC[C@@]5(C)[C@]4(C)CC[C@H]3C2(C)C)O[C@H](CO)[C@@H](O)[C@@H]1O. The Morgan fingerprint density at radius 3 is 2.34 bits per heavy atom. The van der Waals surface area contributed by atoms with Crippen molar-refractivity contribution in [1.29, 1.82) is 0 Å². The molecule has 1 heterocycles. The molecule has 9 heteroatoms. The highest BCUT2D eigenvalue weighted by Crippen LogP contribution is 2.76. The summed E-state index contributed by atoms with van der Waals surface area (Å²) in [7, 11) is 0. The molecule has 0 radical (unpaired) electrons. The molecule has 6 aliphatic rings. The third kappa shape index (κ3) is 5.61. The molecule has 0 bridgehead atoms. The average Bonchev–Trinajstić information content (AvgIpc) is 3.04. The van der Waals surface area contributed by atoms with E-state index in [2.05, 4.69) is 65.8 Å². The molecule has 1 amide bonds. The molecule has 5 fully saturated rings. The molecule has 50 heavy (non-hydrogen) atoms. The predicted octanol–water partition coefficient (Wildman–Crippen LogP) is 5.60. The maximum Gasteiger partial charge on any atom is 0.310 e. The molecule has 280 valence electrons. The van der Waals surface area contributed by atoms with Gasteiger partial charge in [-0.2, -0.15) is 0 Å². The first-order chi connectivity index (χ1) is 23.3. The molecule has 1 saturated heterocycles. The number of nitrogens with one attached hydrogen (secondary N) is 1. The summed E-state index contributed by atoms with van der Waals surface area (Å²) in [6.07, 6.45) is 12.1. The van der Waals surface area contributed by atoms with Crippen molar-refractivity contribution in [1.82, 2.24) is 5.32 Å².